The zero-order chi connectivity index (χ0) is 21.3. The number of hydrogen-bond donors (Lipinski definition) is 7. The van der Waals surface area contributed by atoms with Crippen molar-refractivity contribution >= 4 is 0 Å². The van der Waals surface area contributed by atoms with Gasteiger partial charge in [0.05, 0.1) is 19.8 Å². The van der Waals surface area contributed by atoms with E-state index in [-0.39, 0.29) is 0 Å². The predicted octanol–water partition coefficient (Wildman–Crippen LogP) is -5.00. The highest BCUT2D eigenvalue weighted by atomic mass is 16.8. The van der Waals surface area contributed by atoms with Gasteiger partial charge in [0.25, 0.3) is 0 Å². The quantitative estimate of drug-likeness (QED) is 0.194. The van der Waals surface area contributed by atoms with Gasteiger partial charge in [0, 0.05) is 7.11 Å². The summed E-state index contributed by atoms with van der Waals surface area (Å²) in [5.74, 6) is 0. The van der Waals surface area contributed by atoms with E-state index >= 15 is 0 Å². The Morgan fingerprint density at radius 1 is 0.586 bits per heavy atom. The normalized spacial score (nSPS) is 50.5. The lowest BCUT2D eigenvalue weighted by molar-refractivity contribution is -0.263. The van der Waals surface area contributed by atoms with E-state index in [9.17, 15) is 35.7 Å². The third-order valence-corrected chi connectivity index (χ3v) is 5.26. The molecular weight excluding hydrogens is 400 g/mol. The molecule has 13 nitrogen and oxygen atoms in total. The van der Waals surface area contributed by atoms with Crippen molar-refractivity contribution in [3.63, 3.8) is 0 Å². The van der Waals surface area contributed by atoms with E-state index < -0.39 is 93.6 Å². The van der Waals surface area contributed by atoms with Crippen LogP contribution in [0.1, 0.15) is 0 Å². The Bertz CT molecular complexity index is 521. The van der Waals surface area contributed by atoms with Crippen LogP contribution in [0, 0.1) is 0 Å². The summed E-state index contributed by atoms with van der Waals surface area (Å²) in [6, 6.07) is 0. The van der Waals surface area contributed by atoms with Gasteiger partial charge >= 0.3 is 0 Å². The Hall–Kier alpha value is -0.520. The van der Waals surface area contributed by atoms with Gasteiger partial charge in [-0.25, -0.2) is 0 Å². The molecule has 0 aromatic heterocycles. The number of aliphatic hydroxyl groups is 7. The van der Waals surface area contributed by atoms with Gasteiger partial charge in [0.15, 0.2) is 18.9 Å². The molecule has 13 heteroatoms. The molecule has 29 heavy (non-hydrogen) atoms. The van der Waals surface area contributed by atoms with Gasteiger partial charge in [-0.2, -0.15) is 0 Å². The summed E-state index contributed by atoms with van der Waals surface area (Å²) in [6.07, 6.45) is -15.0. The molecule has 3 aliphatic rings. The molecule has 0 saturated carbocycles. The van der Waals surface area contributed by atoms with Crippen LogP contribution >= 0.6 is 0 Å². The lowest BCUT2D eigenvalue weighted by Gasteiger charge is -2.29. The van der Waals surface area contributed by atoms with E-state index in [2.05, 4.69) is 0 Å². The van der Waals surface area contributed by atoms with E-state index in [1.165, 1.54) is 7.11 Å². The SMILES string of the molecule is CO[C@H]1O[C@H](CO)[C@@H](O[C@H]2O[C@H](CO)[C@@H](O)[C@@H]2O[C@@H]2O[C@H](CO)[C@@H](O)[C@@H]2O)[C@@H]1O. The summed E-state index contributed by atoms with van der Waals surface area (Å²) in [5.41, 5.74) is 0. The maximum Gasteiger partial charge on any atom is 0.187 e. The average Bonchev–Trinajstić information content (AvgIpc) is 3.30. The summed E-state index contributed by atoms with van der Waals surface area (Å²) in [6.45, 7) is -1.64. The molecule has 3 heterocycles. The molecule has 0 aromatic rings. The van der Waals surface area contributed by atoms with Crippen LogP contribution in [0.15, 0.2) is 0 Å². The number of ether oxygens (including phenoxy) is 6. The number of rotatable bonds is 8. The number of methoxy groups -OCH3 is 1. The highest BCUT2D eigenvalue weighted by Crippen LogP contribution is 2.33. The van der Waals surface area contributed by atoms with Crippen LogP contribution in [0.2, 0.25) is 0 Å². The van der Waals surface area contributed by atoms with Gasteiger partial charge in [0.2, 0.25) is 0 Å². The minimum atomic E-state index is -1.52. The first-order valence-electron chi connectivity index (χ1n) is 9.21. The van der Waals surface area contributed by atoms with Crippen molar-refractivity contribution in [2.75, 3.05) is 26.9 Å². The van der Waals surface area contributed by atoms with Gasteiger partial charge in [0.1, 0.15) is 54.9 Å². The van der Waals surface area contributed by atoms with Crippen LogP contribution in [0.3, 0.4) is 0 Å². The maximum atomic E-state index is 10.4. The van der Waals surface area contributed by atoms with Crippen molar-refractivity contribution in [1.29, 1.82) is 0 Å². The number of hydrogen-bond acceptors (Lipinski definition) is 13. The van der Waals surface area contributed by atoms with Crippen LogP contribution in [0.4, 0.5) is 0 Å². The molecule has 0 unspecified atom stereocenters. The molecule has 0 aromatic carbocycles. The van der Waals surface area contributed by atoms with E-state index in [1.54, 1.807) is 0 Å². The van der Waals surface area contributed by atoms with Gasteiger partial charge in [-0.3, -0.25) is 0 Å². The fourth-order valence-electron chi connectivity index (χ4n) is 3.61. The highest BCUT2D eigenvalue weighted by molar-refractivity contribution is 4.94. The molecule has 3 saturated heterocycles. The molecule has 170 valence electrons. The summed E-state index contributed by atoms with van der Waals surface area (Å²) < 4.78 is 32.2. The molecule has 3 fully saturated rings. The standard InChI is InChI=1S/C16H28O13/c1-24-14-11(23)12(7(4-19)27-14)28-16-13(9(21)6(3-18)26-16)29-15-10(22)8(20)5(2-17)25-15/h5-23H,2-4H2,1H3/t5-,6-,7-,8-,9-,10+,11+,12-,13+,14+,15+,16-/m1/s1. The van der Waals surface area contributed by atoms with E-state index in [1.807, 2.05) is 0 Å². The monoisotopic (exact) mass is 428 g/mol. The Balaban J connectivity index is 1.72. The minimum Gasteiger partial charge on any atom is -0.394 e. The average molecular weight is 428 g/mol. The third kappa shape index (κ3) is 4.43. The topological polar surface area (TPSA) is 197 Å². The first-order valence-corrected chi connectivity index (χ1v) is 9.21. The Labute approximate surface area is 165 Å². The van der Waals surface area contributed by atoms with Crippen molar-refractivity contribution in [1.82, 2.24) is 0 Å². The second kappa shape index (κ2) is 9.74. The summed E-state index contributed by atoms with van der Waals surface area (Å²) >= 11 is 0. The van der Waals surface area contributed by atoms with E-state index in [0.29, 0.717) is 0 Å². The smallest absolute Gasteiger partial charge is 0.187 e. The molecule has 12 atom stereocenters. The molecule has 3 rings (SSSR count). The Morgan fingerprint density at radius 2 is 1.10 bits per heavy atom. The molecule has 3 aliphatic heterocycles. The van der Waals surface area contributed by atoms with Crippen LogP contribution in [-0.4, -0.2) is 136 Å². The molecule has 7 N–H and O–H groups in total. The van der Waals surface area contributed by atoms with Crippen molar-refractivity contribution in [3.8, 4) is 0 Å². The minimum absolute atomic E-state index is 0.499. The van der Waals surface area contributed by atoms with Gasteiger partial charge < -0.3 is 64.2 Å². The van der Waals surface area contributed by atoms with Gasteiger partial charge in [-0.1, -0.05) is 0 Å². The second-order valence-corrected chi connectivity index (χ2v) is 7.08. The summed E-state index contributed by atoms with van der Waals surface area (Å²) in [7, 11) is 1.30. The maximum absolute atomic E-state index is 10.4. The zero-order valence-electron chi connectivity index (χ0n) is 15.6. The molecular formula is C16H28O13. The summed E-state index contributed by atoms with van der Waals surface area (Å²) in [4.78, 5) is 0. The van der Waals surface area contributed by atoms with Crippen LogP contribution in [-0.2, 0) is 28.4 Å². The highest BCUT2D eigenvalue weighted by Gasteiger charge is 2.54. The Morgan fingerprint density at radius 3 is 1.66 bits per heavy atom. The summed E-state index contributed by atoms with van der Waals surface area (Å²) in [5, 5.41) is 68.7. The zero-order valence-corrected chi connectivity index (χ0v) is 15.6. The molecule has 0 bridgehead atoms. The number of aliphatic hydroxyl groups excluding tert-OH is 7. The van der Waals surface area contributed by atoms with Gasteiger partial charge in [-0.05, 0) is 0 Å². The molecule has 0 amide bonds. The second-order valence-electron chi connectivity index (χ2n) is 7.08. The predicted molar refractivity (Wildman–Crippen MR) is 88.0 cm³/mol. The lowest BCUT2D eigenvalue weighted by Crippen LogP contribution is -2.47. The van der Waals surface area contributed by atoms with Crippen LogP contribution < -0.4 is 0 Å². The molecule has 0 aliphatic carbocycles. The van der Waals surface area contributed by atoms with Crippen molar-refractivity contribution in [2.45, 2.75) is 73.8 Å². The van der Waals surface area contributed by atoms with Crippen LogP contribution in [0.25, 0.3) is 0 Å². The Kier molecular flexibility index (Phi) is 7.77. The molecule has 0 radical (unpaired) electrons. The lowest BCUT2D eigenvalue weighted by atomic mass is 10.1. The molecule has 0 spiro atoms. The van der Waals surface area contributed by atoms with Gasteiger partial charge in [-0.15, -0.1) is 0 Å². The van der Waals surface area contributed by atoms with Crippen molar-refractivity contribution in [3.05, 3.63) is 0 Å². The van der Waals surface area contributed by atoms with E-state index in [4.69, 9.17) is 28.4 Å². The first-order chi connectivity index (χ1) is 13.9. The fourth-order valence-corrected chi connectivity index (χ4v) is 3.61. The van der Waals surface area contributed by atoms with E-state index in [0.717, 1.165) is 0 Å². The van der Waals surface area contributed by atoms with Crippen LogP contribution in [0.5, 0.6) is 0 Å². The third-order valence-electron chi connectivity index (χ3n) is 5.26. The largest absolute Gasteiger partial charge is 0.394 e. The first kappa shape index (κ1) is 23.1. The fraction of sp³-hybridized carbons (Fsp3) is 1.00. The van der Waals surface area contributed by atoms with Crippen molar-refractivity contribution in [2.24, 2.45) is 0 Å². The van der Waals surface area contributed by atoms with Crippen molar-refractivity contribution < 1.29 is 64.2 Å².